The molecule has 0 spiro atoms. The first kappa shape index (κ1) is 15.8. The summed E-state index contributed by atoms with van der Waals surface area (Å²) in [6.45, 7) is 2.18. The van der Waals surface area contributed by atoms with Gasteiger partial charge in [0.05, 0.1) is 0 Å². The number of hydrogen-bond donors (Lipinski definition) is 1. The van der Waals surface area contributed by atoms with Crippen molar-refractivity contribution in [1.29, 1.82) is 5.41 Å². The van der Waals surface area contributed by atoms with E-state index in [-0.39, 0.29) is 5.92 Å². The van der Waals surface area contributed by atoms with Gasteiger partial charge in [-0.2, -0.15) is 0 Å². The van der Waals surface area contributed by atoms with Gasteiger partial charge in [0.2, 0.25) is 0 Å². The van der Waals surface area contributed by atoms with Gasteiger partial charge in [-0.1, -0.05) is 86.1 Å². The molecule has 25 heavy (non-hydrogen) atoms. The van der Waals surface area contributed by atoms with Gasteiger partial charge in [0, 0.05) is 11.6 Å². The summed E-state index contributed by atoms with van der Waals surface area (Å²) in [7, 11) is 0. The summed E-state index contributed by atoms with van der Waals surface area (Å²) in [6, 6.07) is 25.9. The second-order valence-corrected chi connectivity index (χ2v) is 6.78. The second-order valence-electron chi connectivity index (χ2n) is 6.78. The second kappa shape index (κ2) is 6.68. The van der Waals surface area contributed by atoms with E-state index in [1.165, 1.54) is 27.8 Å². The van der Waals surface area contributed by atoms with Crippen molar-refractivity contribution >= 4 is 5.71 Å². The van der Waals surface area contributed by atoms with E-state index >= 15 is 0 Å². The quantitative estimate of drug-likeness (QED) is 0.410. The van der Waals surface area contributed by atoms with Gasteiger partial charge in [-0.05, 0) is 46.2 Å². The number of benzene rings is 3. The van der Waals surface area contributed by atoms with Crippen molar-refractivity contribution < 1.29 is 0 Å². The first-order chi connectivity index (χ1) is 12.3. The fourth-order valence-corrected chi connectivity index (χ4v) is 4.00. The fraction of sp³-hybridized carbons (Fsp3) is 0.208. The molecule has 0 aliphatic heterocycles. The molecular formula is C24H23N. The molecule has 0 amide bonds. The highest BCUT2D eigenvalue weighted by molar-refractivity contribution is 6.00. The monoisotopic (exact) mass is 325 g/mol. The Labute approximate surface area is 149 Å². The number of unbranched alkanes of at least 4 members (excludes halogenated alkanes) is 1. The number of nitrogens with one attached hydrogen (secondary N) is 1. The van der Waals surface area contributed by atoms with Crippen LogP contribution in [0.2, 0.25) is 0 Å². The number of rotatable bonds is 5. The highest BCUT2D eigenvalue weighted by Gasteiger charge is 2.30. The molecule has 0 bridgehead atoms. The molecule has 1 aliphatic rings. The molecule has 0 heterocycles. The third-order valence-corrected chi connectivity index (χ3v) is 5.21. The van der Waals surface area contributed by atoms with Crippen LogP contribution in [0.5, 0.6) is 0 Å². The van der Waals surface area contributed by atoms with Crippen LogP contribution in [0.15, 0.2) is 72.8 Å². The molecule has 124 valence electrons. The van der Waals surface area contributed by atoms with Crippen LogP contribution in [0, 0.1) is 5.41 Å². The van der Waals surface area contributed by atoms with E-state index in [9.17, 15) is 0 Å². The van der Waals surface area contributed by atoms with Gasteiger partial charge in [0.15, 0.2) is 0 Å². The Morgan fingerprint density at radius 3 is 1.88 bits per heavy atom. The molecule has 0 fully saturated rings. The molecule has 1 aliphatic carbocycles. The molecular weight excluding hydrogens is 302 g/mol. The van der Waals surface area contributed by atoms with Crippen LogP contribution < -0.4 is 0 Å². The van der Waals surface area contributed by atoms with E-state index < -0.39 is 0 Å². The fourth-order valence-electron chi connectivity index (χ4n) is 4.00. The normalized spacial score (nSPS) is 12.7. The Hall–Kier alpha value is -2.67. The molecule has 0 unspecified atom stereocenters. The first-order valence-corrected chi connectivity index (χ1v) is 9.16. The largest absolute Gasteiger partial charge is 0.305 e. The summed E-state index contributed by atoms with van der Waals surface area (Å²) in [5.74, 6) is 0.227. The molecule has 1 nitrogen and oxygen atoms in total. The van der Waals surface area contributed by atoms with Crippen LogP contribution in [0.25, 0.3) is 11.1 Å². The minimum Gasteiger partial charge on any atom is -0.305 e. The summed E-state index contributed by atoms with van der Waals surface area (Å²) in [5, 5.41) is 8.61. The Morgan fingerprint density at radius 1 is 0.760 bits per heavy atom. The summed E-state index contributed by atoms with van der Waals surface area (Å²) < 4.78 is 0. The van der Waals surface area contributed by atoms with E-state index in [1.807, 2.05) is 0 Å². The molecule has 1 heteroatoms. The summed E-state index contributed by atoms with van der Waals surface area (Å²) >= 11 is 0. The number of hydrogen-bond acceptors (Lipinski definition) is 1. The molecule has 1 N–H and O–H groups in total. The predicted molar refractivity (Wildman–Crippen MR) is 106 cm³/mol. The van der Waals surface area contributed by atoms with Gasteiger partial charge in [-0.15, -0.1) is 0 Å². The lowest BCUT2D eigenvalue weighted by Crippen LogP contribution is -2.08. The third kappa shape index (κ3) is 2.70. The Balaban J connectivity index is 1.87. The summed E-state index contributed by atoms with van der Waals surface area (Å²) in [6.07, 6.45) is 3.05. The average molecular weight is 325 g/mol. The molecule has 3 aromatic carbocycles. The zero-order valence-corrected chi connectivity index (χ0v) is 14.6. The van der Waals surface area contributed by atoms with Crippen LogP contribution in [0.3, 0.4) is 0 Å². The molecule has 0 saturated heterocycles. The Bertz CT molecular complexity index is 877. The van der Waals surface area contributed by atoms with Crippen LogP contribution in [-0.2, 0) is 0 Å². The zero-order chi connectivity index (χ0) is 17.2. The minimum atomic E-state index is 0.227. The van der Waals surface area contributed by atoms with Gasteiger partial charge in [0.25, 0.3) is 0 Å². The van der Waals surface area contributed by atoms with Crippen LogP contribution in [0.4, 0.5) is 0 Å². The van der Waals surface area contributed by atoms with Gasteiger partial charge in [-0.25, -0.2) is 0 Å². The standard InChI is InChI=1S/C24H23N/c1-2-3-16-23(25)19-12-6-9-15-22(19)24-20-13-7-4-10-17(20)18-11-5-8-14-21(18)24/h4-15,24-25H,2-3,16H2,1H3. The van der Waals surface area contributed by atoms with Crippen molar-refractivity contribution in [2.75, 3.05) is 0 Å². The molecule has 0 saturated carbocycles. The molecule has 0 radical (unpaired) electrons. The van der Waals surface area contributed by atoms with Crippen molar-refractivity contribution in [3.05, 3.63) is 95.1 Å². The van der Waals surface area contributed by atoms with E-state index in [1.54, 1.807) is 0 Å². The van der Waals surface area contributed by atoms with Crippen LogP contribution in [-0.4, -0.2) is 5.71 Å². The number of fused-ring (bicyclic) bond motifs is 3. The SMILES string of the molecule is CCCCC(=N)c1ccccc1C1c2ccccc2-c2ccccc21. The minimum absolute atomic E-state index is 0.227. The molecule has 3 aromatic rings. The Morgan fingerprint density at radius 2 is 1.28 bits per heavy atom. The Kier molecular flexibility index (Phi) is 4.23. The van der Waals surface area contributed by atoms with Crippen molar-refractivity contribution in [2.45, 2.75) is 32.1 Å². The van der Waals surface area contributed by atoms with Crippen molar-refractivity contribution in [3.8, 4) is 11.1 Å². The van der Waals surface area contributed by atoms with Crippen LogP contribution >= 0.6 is 0 Å². The third-order valence-electron chi connectivity index (χ3n) is 5.21. The lowest BCUT2D eigenvalue weighted by Gasteiger charge is -2.19. The maximum atomic E-state index is 8.61. The predicted octanol–water partition coefficient (Wildman–Crippen LogP) is 6.41. The molecule has 0 aromatic heterocycles. The lowest BCUT2D eigenvalue weighted by molar-refractivity contribution is 0.831. The molecule has 4 rings (SSSR count). The summed E-state index contributed by atoms with van der Waals surface area (Å²) in [4.78, 5) is 0. The van der Waals surface area contributed by atoms with E-state index in [2.05, 4.69) is 79.7 Å². The lowest BCUT2D eigenvalue weighted by atomic mass is 9.84. The zero-order valence-electron chi connectivity index (χ0n) is 14.6. The van der Waals surface area contributed by atoms with Crippen molar-refractivity contribution in [2.24, 2.45) is 0 Å². The maximum absolute atomic E-state index is 8.61. The van der Waals surface area contributed by atoms with Gasteiger partial charge < -0.3 is 5.41 Å². The van der Waals surface area contributed by atoms with Crippen molar-refractivity contribution in [3.63, 3.8) is 0 Å². The van der Waals surface area contributed by atoms with Crippen molar-refractivity contribution in [1.82, 2.24) is 0 Å². The van der Waals surface area contributed by atoms with Gasteiger partial charge >= 0.3 is 0 Å². The van der Waals surface area contributed by atoms with Gasteiger partial charge in [-0.3, -0.25) is 0 Å². The maximum Gasteiger partial charge on any atom is 0.0389 e. The van der Waals surface area contributed by atoms with Crippen LogP contribution in [0.1, 0.15) is 54.4 Å². The van der Waals surface area contributed by atoms with E-state index in [4.69, 9.17) is 5.41 Å². The highest BCUT2D eigenvalue weighted by atomic mass is 14.4. The topological polar surface area (TPSA) is 23.9 Å². The van der Waals surface area contributed by atoms with E-state index in [0.717, 1.165) is 30.5 Å². The average Bonchev–Trinajstić information content (AvgIpc) is 3.00. The van der Waals surface area contributed by atoms with E-state index in [0.29, 0.717) is 0 Å². The highest BCUT2D eigenvalue weighted by Crippen LogP contribution is 2.48. The first-order valence-electron chi connectivity index (χ1n) is 9.16. The van der Waals surface area contributed by atoms with Gasteiger partial charge in [0.1, 0.15) is 0 Å². The summed E-state index contributed by atoms with van der Waals surface area (Å²) in [5.41, 5.74) is 8.52. The smallest absolute Gasteiger partial charge is 0.0389 e. The molecule has 0 atom stereocenters.